The van der Waals surface area contributed by atoms with Gasteiger partial charge in [0.25, 0.3) is 0 Å². The first kappa shape index (κ1) is 21.1. The molecule has 2 heterocycles. The highest BCUT2D eigenvalue weighted by molar-refractivity contribution is 7.89. The van der Waals surface area contributed by atoms with E-state index in [0.29, 0.717) is 24.1 Å². The van der Waals surface area contributed by atoms with Crippen LogP contribution in [0.3, 0.4) is 0 Å². The second-order valence-corrected chi connectivity index (χ2v) is 10.4. The quantitative estimate of drug-likeness (QED) is 0.618. The summed E-state index contributed by atoms with van der Waals surface area (Å²) >= 11 is 0. The maximum absolute atomic E-state index is 14.5. The number of fused-ring (bicyclic) bond motifs is 3. The Morgan fingerprint density at radius 2 is 1.91 bits per heavy atom. The number of halogens is 1. The Balaban J connectivity index is 1.63. The van der Waals surface area contributed by atoms with Gasteiger partial charge in [-0.1, -0.05) is 36.4 Å². The Kier molecular flexibility index (Phi) is 5.28. The molecule has 3 aromatic carbocycles. The number of aryl methyl sites for hydroxylation is 1. The third-order valence-corrected chi connectivity index (χ3v) is 8.48. The summed E-state index contributed by atoms with van der Waals surface area (Å²) in [5.41, 5.74) is 3.64. The van der Waals surface area contributed by atoms with E-state index in [1.54, 1.807) is 40.7 Å². The first-order valence-corrected chi connectivity index (χ1v) is 12.2. The fourth-order valence-electron chi connectivity index (χ4n) is 5.06. The van der Waals surface area contributed by atoms with Crippen molar-refractivity contribution in [1.82, 2.24) is 4.31 Å². The Morgan fingerprint density at radius 3 is 2.66 bits per heavy atom. The van der Waals surface area contributed by atoms with Crippen molar-refractivity contribution in [2.24, 2.45) is 5.92 Å². The van der Waals surface area contributed by atoms with Crippen molar-refractivity contribution in [3.05, 3.63) is 83.7 Å². The van der Waals surface area contributed by atoms with Crippen LogP contribution in [0.15, 0.2) is 71.6 Å². The molecule has 0 unspecified atom stereocenters. The average molecular weight is 453 g/mol. The van der Waals surface area contributed by atoms with Crippen LogP contribution in [0.5, 0.6) is 0 Å². The molecule has 5 rings (SSSR count). The van der Waals surface area contributed by atoms with Crippen molar-refractivity contribution >= 4 is 15.7 Å². The van der Waals surface area contributed by atoms with E-state index in [0.717, 1.165) is 16.8 Å². The number of hydrogen-bond acceptors (Lipinski definition) is 4. The van der Waals surface area contributed by atoms with E-state index in [4.69, 9.17) is 0 Å². The number of hydrogen-bond donors (Lipinski definition) is 2. The molecule has 2 N–H and O–H groups in total. The number of aliphatic hydroxyl groups excluding tert-OH is 1. The second kappa shape index (κ2) is 7.99. The molecule has 2 aliphatic rings. The van der Waals surface area contributed by atoms with Crippen LogP contribution >= 0.6 is 0 Å². The molecule has 1 saturated heterocycles. The summed E-state index contributed by atoms with van der Waals surface area (Å²) in [6.07, 6.45) is 0.636. The molecule has 2 aliphatic heterocycles. The van der Waals surface area contributed by atoms with Crippen LogP contribution < -0.4 is 5.32 Å². The van der Waals surface area contributed by atoms with Crippen LogP contribution in [0.4, 0.5) is 10.1 Å². The highest BCUT2D eigenvalue weighted by Crippen LogP contribution is 2.49. The molecule has 0 bridgehead atoms. The lowest BCUT2D eigenvalue weighted by Gasteiger charge is -2.39. The van der Waals surface area contributed by atoms with Gasteiger partial charge in [0.15, 0.2) is 0 Å². The zero-order valence-corrected chi connectivity index (χ0v) is 18.5. The largest absolute Gasteiger partial charge is 0.394 e. The molecule has 0 radical (unpaired) electrons. The second-order valence-electron chi connectivity index (χ2n) is 8.54. The lowest BCUT2D eigenvalue weighted by Crippen LogP contribution is -2.42. The van der Waals surface area contributed by atoms with Crippen molar-refractivity contribution in [2.75, 3.05) is 18.5 Å². The summed E-state index contributed by atoms with van der Waals surface area (Å²) in [5.74, 6) is -0.403. The molecule has 32 heavy (non-hydrogen) atoms. The lowest BCUT2D eigenvalue weighted by atomic mass is 9.82. The highest BCUT2D eigenvalue weighted by atomic mass is 32.2. The smallest absolute Gasteiger partial charge is 0.243 e. The van der Waals surface area contributed by atoms with E-state index in [-0.39, 0.29) is 29.3 Å². The van der Waals surface area contributed by atoms with E-state index in [2.05, 4.69) is 5.32 Å². The molecule has 0 saturated carbocycles. The van der Waals surface area contributed by atoms with Gasteiger partial charge in [0.2, 0.25) is 10.0 Å². The molecule has 3 atom stereocenters. The number of rotatable bonds is 4. The van der Waals surface area contributed by atoms with Crippen LogP contribution in [-0.4, -0.2) is 37.0 Å². The average Bonchev–Trinajstić information content (AvgIpc) is 3.25. The first-order valence-electron chi connectivity index (χ1n) is 10.7. The molecular formula is C25H25FN2O3S. The topological polar surface area (TPSA) is 69.6 Å². The molecule has 0 amide bonds. The third kappa shape index (κ3) is 3.41. The van der Waals surface area contributed by atoms with Gasteiger partial charge in [0.1, 0.15) is 5.82 Å². The summed E-state index contributed by atoms with van der Waals surface area (Å²) in [5, 5.41) is 13.4. The summed E-state index contributed by atoms with van der Waals surface area (Å²) < 4.78 is 43.3. The van der Waals surface area contributed by atoms with Gasteiger partial charge in [-0.2, -0.15) is 4.31 Å². The SMILES string of the molecule is Cc1cccc(S(=O)(=O)N2CC[C@@H]3[C@H]2c2cc(-c4ccccc4F)ccc2N[C@@H]3CO)c1. The monoisotopic (exact) mass is 452 g/mol. The number of sulfonamides is 1. The minimum Gasteiger partial charge on any atom is -0.394 e. The molecule has 0 aromatic heterocycles. The minimum absolute atomic E-state index is 0.0806. The van der Waals surface area contributed by atoms with E-state index in [9.17, 15) is 17.9 Å². The van der Waals surface area contributed by atoms with Crippen molar-refractivity contribution < 1.29 is 17.9 Å². The van der Waals surface area contributed by atoms with Crippen molar-refractivity contribution in [2.45, 2.75) is 30.3 Å². The maximum Gasteiger partial charge on any atom is 0.243 e. The van der Waals surface area contributed by atoms with Gasteiger partial charge in [-0.25, -0.2) is 12.8 Å². The van der Waals surface area contributed by atoms with Gasteiger partial charge in [0, 0.05) is 23.7 Å². The molecule has 1 fully saturated rings. The zero-order chi connectivity index (χ0) is 22.5. The lowest BCUT2D eigenvalue weighted by molar-refractivity contribution is 0.210. The van der Waals surface area contributed by atoms with E-state index in [1.807, 2.05) is 31.2 Å². The van der Waals surface area contributed by atoms with Crippen LogP contribution in [0.25, 0.3) is 11.1 Å². The maximum atomic E-state index is 14.5. The van der Waals surface area contributed by atoms with Crippen molar-refractivity contribution in [1.29, 1.82) is 0 Å². The van der Waals surface area contributed by atoms with Gasteiger partial charge in [-0.15, -0.1) is 0 Å². The fraction of sp³-hybridized carbons (Fsp3) is 0.280. The molecule has 0 spiro atoms. The van der Waals surface area contributed by atoms with Crippen LogP contribution in [0.2, 0.25) is 0 Å². The molecule has 166 valence electrons. The highest BCUT2D eigenvalue weighted by Gasteiger charge is 2.48. The summed E-state index contributed by atoms with van der Waals surface area (Å²) in [4.78, 5) is 0.268. The van der Waals surface area contributed by atoms with Gasteiger partial charge >= 0.3 is 0 Å². The van der Waals surface area contributed by atoms with E-state index >= 15 is 0 Å². The molecular weight excluding hydrogens is 427 g/mol. The number of nitrogens with zero attached hydrogens (tertiary/aromatic N) is 1. The van der Waals surface area contributed by atoms with Crippen LogP contribution in [0, 0.1) is 18.7 Å². The normalized spacial score (nSPS) is 22.8. The molecule has 3 aromatic rings. The van der Waals surface area contributed by atoms with Crippen LogP contribution in [0.1, 0.15) is 23.6 Å². The Morgan fingerprint density at radius 1 is 1.09 bits per heavy atom. The molecule has 5 nitrogen and oxygen atoms in total. The summed E-state index contributed by atoms with van der Waals surface area (Å²) in [6.45, 7) is 2.15. The predicted molar refractivity (Wildman–Crippen MR) is 122 cm³/mol. The van der Waals surface area contributed by atoms with Crippen molar-refractivity contribution in [3.8, 4) is 11.1 Å². The van der Waals surface area contributed by atoms with E-state index < -0.39 is 16.1 Å². The van der Waals surface area contributed by atoms with Gasteiger partial charge < -0.3 is 10.4 Å². The Hall–Kier alpha value is -2.74. The summed E-state index contributed by atoms with van der Waals surface area (Å²) in [6, 6.07) is 18.4. The third-order valence-electron chi connectivity index (χ3n) is 6.60. The van der Waals surface area contributed by atoms with E-state index in [1.165, 1.54) is 6.07 Å². The van der Waals surface area contributed by atoms with Gasteiger partial charge in [0.05, 0.1) is 23.6 Å². The Labute approximate surface area is 187 Å². The first-order chi connectivity index (χ1) is 15.4. The molecule has 7 heteroatoms. The number of benzene rings is 3. The van der Waals surface area contributed by atoms with Crippen molar-refractivity contribution in [3.63, 3.8) is 0 Å². The number of aliphatic hydroxyl groups is 1. The standard InChI is InChI=1S/C25H25FN2O3S/c1-16-5-4-6-18(13-16)32(30,31)28-12-11-20-24(15-29)27-23-10-9-17(14-21(23)25(20)28)19-7-2-3-8-22(19)26/h2-10,13-14,20,24-25,27,29H,11-12,15H2,1H3/t20-,24+,25-/m0/s1. The number of nitrogens with one attached hydrogen (secondary N) is 1. The minimum atomic E-state index is -3.74. The fourth-order valence-corrected chi connectivity index (χ4v) is 6.84. The zero-order valence-electron chi connectivity index (χ0n) is 17.7. The molecule has 0 aliphatic carbocycles. The summed E-state index contributed by atoms with van der Waals surface area (Å²) in [7, 11) is -3.74. The Bertz CT molecular complexity index is 1280. The predicted octanol–water partition coefficient (Wildman–Crippen LogP) is 4.34. The van der Waals surface area contributed by atoms with Gasteiger partial charge in [-0.3, -0.25) is 0 Å². The van der Waals surface area contributed by atoms with Gasteiger partial charge in [-0.05, 0) is 60.4 Å². The number of anilines is 1. The van der Waals surface area contributed by atoms with Crippen LogP contribution in [-0.2, 0) is 10.0 Å².